The molecule has 0 aliphatic heterocycles. The van der Waals surface area contributed by atoms with Gasteiger partial charge in [-0.15, -0.1) is 0 Å². The zero-order valence-corrected chi connectivity index (χ0v) is 19.8. The molecule has 0 rings (SSSR count). The summed E-state index contributed by atoms with van der Waals surface area (Å²) in [6, 6.07) is 2.66. The van der Waals surface area contributed by atoms with Crippen molar-refractivity contribution >= 4 is 30.9 Å². The van der Waals surface area contributed by atoms with Gasteiger partial charge in [0.1, 0.15) is 0 Å². The zero-order chi connectivity index (χ0) is 16.9. The fraction of sp³-hybridized carbons (Fsp3) is 1.00. The minimum atomic E-state index is -1.83. The maximum absolute atomic E-state index is 7.11. The molecule has 0 saturated heterocycles. The molecule has 0 aromatic rings. The molecule has 0 aromatic heterocycles. The highest BCUT2D eigenvalue weighted by atomic mass is 29.3. The molecule has 0 radical (unpaired) electrons. The van der Waals surface area contributed by atoms with Crippen LogP contribution in [0.4, 0.5) is 0 Å². The first kappa shape index (κ1) is 21.7. The lowest BCUT2D eigenvalue weighted by Crippen LogP contribution is -2.74. The van der Waals surface area contributed by atoms with Crippen LogP contribution in [0.3, 0.4) is 0 Å². The Morgan fingerprint density at radius 2 is 0.952 bits per heavy atom. The number of hydrogen-bond donors (Lipinski definition) is 2. The second kappa shape index (κ2) is 8.03. The summed E-state index contributed by atoms with van der Waals surface area (Å²) in [5, 5.41) is 0. The van der Waals surface area contributed by atoms with Gasteiger partial charge in [0, 0.05) is 12.3 Å². The third-order valence-corrected chi connectivity index (χ3v) is 42.0. The molecule has 0 bridgehead atoms. The molecule has 0 spiro atoms. The van der Waals surface area contributed by atoms with E-state index in [1.807, 2.05) is 0 Å². The van der Waals surface area contributed by atoms with Crippen molar-refractivity contribution in [3.05, 3.63) is 0 Å². The van der Waals surface area contributed by atoms with Gasteiger partial charge in [-0.25, -0.2) is 0 Å². The van der Waals surface area contributed by atoms with Gasteiger partial charge in [-0.1, -0.05) is 65.0 Å². The Morgan fingerprint density at radius 1 is 0.667 bits per heavy atom. The zero-order valence-electron chi connectivity index (χ0n) is 15.8. The largest absolute Gasteiger partial charge is 0.458 e. The third-order valence-electron chi connectivity index (χ3n) is 5.84. The summed E-state index contributed by atoms with van der Waals surface area (Å²) in [6.45, 7) is 19.4. The molecule has 3 nitrogen and oxygen atoms in total. The average molecular weight is 365 g/mol. The Balaban J connectivity index is 5.50. The van der Waals surface area contributed by atoms with Crippen LogP contribution >= 0.6 is 0 Å². The predicted octanol–water partition coefficient (Wildman–Crippen LogP) is 3.54. The van der Waals surface area contributed by atoms with Crippen molar-refractivity contribution in [1.29, 1.82) is 0 Å². The summed E-state index contributed by atoms with van der Waals surface area (Å²) in [6.07, 6.45) is 4.04. The van der Waals surface area contributed by atoms with Gasteiger partial charge in [0.2, 0.25) is 0 Å². The van der Waals surface area contributed by atoms with E-state index in [1.54, 1.807) is 0 Å². The van der Waals surface area contributed by atoms with Crippen LogP contribution in [0.25, 0.3) is 0 Å². The normalized spacial score (nSPS) is 19.1. The third kappa shape index (κ3) is 4.86. The van der Waals surface area contributed by atoms with Crippen molar-refractivity contribution < 1.29 is 4.12 Å². The lowest BCUT2D eigenvalue weighted by atomic mass is 10.6. The number of rotatable bonds is 10. The molecule has 4 N–H and O–H groups in total. The summed E-state index contributed by atoms with van der Waals surface area (Å²) in [7, 11) is -6.45. The van der Waals surface area contributed by atoms with Gasteiger partial charge in [0.15, 0.2) is 15.7 Å². The van der Waals surface area contributed by atoms with Crippen LogP contribution < -0.4 is 11.5 Å². The molecule has 21 heavy (non-hydrogen) atoms. The van der Waals surface area contributed by atoms with Crippen LogP contribution in [0.15, 0.2) is 0 Å². The molecule has 0 aromatic carbocycles. The molecule has 2 atom stereocenters. The van der Waals surface area contributed by atoms with E-state index in [0.29, 0.717) is 0 Å². The Morgan fingerprint density at radius 3 is 1.14 bits per heavy atom. The minimum Gasteiger partial charge on any atom is -0.458 e. The van der Waals surface area contributed by atoms with Gasteiger partial charge in [0.05, 0.1) is 15.2 Å². The molecule has 2 unspecified atom stereocenters. The van der Waals surface area contributed by atoms with Gasteiger partial charge in [0.25, 0.3) is 0 Å². The van der Waals surface area contributed by atoms with E-state index in [4.69, 9.17) is 15.6 Å². The lowest BCUT2D eigenvalue weighted by Gasteiger charge is -2.50. The minimum absolute atomic E-state index is 0.769. The SMILES string of the molecule is CCC[Si](C)(C)[Si](C)(CN)O[Si](C)(CN)[Si](C)(C)CCC. The first-order valence-electron chi connectivity index (χ1n) is 8.55. The molecular formula is C14H40N2OSi4. The molecule has 0 amide bonds. The summed E-state index contributed by atoms with van der Waals surface area (Å²) < 4.78 is 7.11. The molecule has 0 fully saturated rings. The van der Waals surface area contributed by atoms with Crippen LogP contribution in [0.5, 0.6) is 0 Å². The highest BCUT2D eigenvalue weighted by Crippen LogP contribution is 2.33. The van der Waals surface area contributed by atoms with E-state index in [-0.39, 0.29) is 0 Å². The van der Waals surface area contributed by atoms with Crippen molar-refractivity contribution in [3.8, 4) is 0 Å². The number of hydrogen-bond acceptors (Lipinski definition) is 3. The maximum Gasteiger partial charge on any atom is 0.176 e. The Bertz CT molecular complexity index is 298. The standard InChI is InChI=1S/C14H40N2OSi4/c1-9-11-18(3,4)20(7,13-15)17-21(8,14-16)19(5,6)12-10-2/h9-16H2,1-8H3. The second-order valence-electron chi connectivity index (χ2n) is 8.24. The highest BCUT2D eigenvalue weighted by molar-refractivity contribution is 7.46. The van der Waals surface area contributed by atoms with Crippen molar-refractivity contribution in [1.82, 2.24) is 0 Å². The quantitative estimate of drug-likeness (QED) is 0.583. The van der Waals surface area contributed by atoms with Gasteiger partial charge in [-0.05, 0) is 13.1 Å². The van der Waals surface area contributed by atoms with E-state index in [1.165, 1.54) is 24.9 Å². The van der Waals surface area contributed by atoms with E-state index < -0.39 is 30.9 Å². The summed E-state index contributed by atoms with van der Waals surface area (Å²) in [5.41, 5.74) is 12.5. The van der Waals surface area contributed by atoms with Gasteiger partial charge in [-0.3, -0.25) is 0 Å². The van der Waals surface area contributed by atoms with Crippen LogP contribution in [-0.4, -0.2) is 43.2 Å². The fourth-order valence-electron chi connectivity index (χ4n) is 3.19. The average Bonchev–Trinajstić information content (AvgIpc) is 2.37. The topological polar surface area (TPSA) is 61.3 Å². The van der Waals surface area contributed by atoms with Gasteiger partial charge >= 0.3 is 0 Å². The highest BCUT2D eigenvalue weighted by Gasteiger charge is 2.54. The van der Waals surface area contributed by atoms with Crippen molar-refractivity contribution in [2.45, 2.75) is 78.1 Å². The van der Waals surface area contributed by atoms with E-state index in [9.17, 15) is 0 Å². The monoisotopic (exact) mass is 364 g/mol. The molecule has 7 heteroatoms. The van der Waals surface area contributed by atoms with Gasteiger partial charge < -0.3 is 15.6 Å². The molecule has 0 aliphatic rings. The predicted molar refractivity (Wildman–Crippen MR) is 108 cm³/mol. The van der Waals surface area contributed by atoms with Crippen molar-refractivity contribution in [3.63, 3.8) is 0 Å². The van der Waals surface area contributed by atoms with Crippen LogP contribution in [0.2, 0.25) is 51.4 Å². The summed E-state index contributed by atoms with van der Waals surface area (Å²) in [4.78, 5) is 0. The first-order chi connectivity index (χ1) is 9.45. The van der Waals surface area contributed by atoms with Crippen molar-refractivity contribution in [2.24, 2.45) is 11.5 Å². The van der Waals surface area contributed by atoms with Crippen LogP contribution in [-0.2, 0) is 4.12 Å². The first-order valence-corrected chi connectivity index (χ1v) is 22.2. The molecule has 0 saturated carbocycles. The van der Waals surface area contributed by atoms with E-state index in [2.05, 4.69) is 53.1 Å². The maximum atomic E-state index is 7.11. The van der Waals surface area contributed by atoms with Crippen LogP contribution in [0, 0.1) is 0 Å². The second-order valence-corrected chi connectivity index (χ2v) is 37.8. The molecule has 0 aliphatic carbocycles. The Hall–Kier alpha value is 0.748. The van der Waals surface area contributed by atoms with E-state index in [0.717, 1.165) is 12.3 Å². The Kier molecular flexibility index (Phi) is 8.31. The van der Waals surface area contributed by atoms with Gasteiger partial charge in [-0.2, -0.15) is 0 Å². The Labute approximate surface area is 137 Å². The number of nitrogens with two attached hydrogens (primary N) is 2. The smallest absolute Gasteiger partial charge is 0.176 e. The van der Waals surface area contributed by atoms with E-state index >= 15 is 0 Å². The van der Waals surface area contributed by atoms with Crippen LogP contribution in [0.1, 0.15) is 26.7 Å². The lowest BCUT2D eigenvalue weighted by molar-refractivity contribution is 0.562. The molecule has 128 valence electrons. The summed E-state index contributed by atoms with van der Waals surface area (Å²) in [5.74, 6) is 0. The summed E-state index contributed by atoms with van der Waals surface area (Å²) >= 11 is 0. The molecule has 0 heterocycles. The molecular weight excluding hydrogens is 325 g/mol. The fourth-order valence-corrected chi connectivity index (χ4v) is 32.6. The van der Waals surface area contributed by atoms with Crippen molar-refractivity contribution in [2.75, 3.05) is 12.3 Å².